The summed E-state index contributed by atoms with van der Waals surface area (Å²) < 4.78 is 40.2. The van der Waals surface area contributed by atoms with Gasteiger partial charge in [-0.25, -0.2) is 0 Å². The fourth-order valence-electron chi connectivity index (χ4n) is 4.30. The van der Waals surface area contributed by atoms with E-state index in [1.807, 2.05) is 20.8 Å². The normalized spacial score (nSPS) is 17.1. The van der Waals surface area contributed by atoms with Gasteiger partial charge < -0.3 is 15.3 Å². The number of likely N-dealkylation sites (tertiary alicyclic amines) is 1. The summed E-state index contributed by atoms with van der Waals surface area (Å²) in [4.78, 5) is 27.8. The first-order valence-corrected chi connectivity index (χ1v) is 11.6. The molecule has 0 bridgehead atoms. The van der Waals surface area contributed by atoms with Gasteiger partial charge in [-0.3, -0.25) is 9.59 Å². The molecule has 1 atom stereocenters. The van der Waals surface area contributed by atoms with E-state index in [0.29, 0.717) is 37.6 Å². The van der Waals surface area contributed by atoms with Gasteiger partial charge in [0.25, 0.3) is 5.91 Å². The van der Waals surface area contributed by atoms with E-state index in [2.05, 4.69) is 18.5 Å². The van der Waals surface area contributed by atoms with Gasteiger partial charge >= 0.3 is 6.18 Å². The Morgan fingerprint density at radius 3 is 2.31 bits per heavy atom. The van der Waals surface area contributed by atoms with Crippen molar-refractivity contribution in [1.29, 1.82) is 5.26 Å². The largest absolute Gasteiger partial charge is 0.417 e. The Balaban J connectivity index is 2.38. The third-order valence-corrected chi connectivity index (χ3v) is 6.26. The maximum absolute atomic E-state index is 13.4. The Morgan fingerprint density at radius 2 is 1.83 bits per heavy atom. The molecule has 0 radical (unpaired) electrons. The van der Waals surface area contributed by atoms with E-state index in [4.69, 9.17) is 5.26 Å². The summed E-state index contributed by atoms with van der Waals surface area (Å²) in [7, 11) is 0. The molecule has 2 amide bonds. The summed E-state index contributed by atoms with van der Waals surface area (Å²) in [6.45, 7) is 13.4. The zero-order valence-corrected chi connectivity index (χ0v) is 20.8. The van der Waals surface area contributed by atoms with Gasteiger partial charge in [0, 0.05) is 36.5 Å². The number of rotatable bonds is 7. The van der Waals surface area contributed by atoms with Crippen LogP contribution in [0.5, 0.6) is 0 Å². The molecule has 1 fully saturated rings. The average Bonchev–Trinajstić information content (AvgIpc) is 2.82. The van der Waals surface area contributed by atoms with E-state index in [0.717, 1.165) is 6.07 Å². The molecule has 1 unspecified atom stereocenters. The zero-order valence-electron chi connectivity index (χ0n) is 20.8. The van der Waals surface area contributed by atoms with Gasteiger partial charge in [-0.1, -0.05) is 52.2 Å². The molecule has 6 nitrogen and oxygen atoms in total. The van der Waals surface area contributed by atoms with Gasteiger partial charge in [0.2, 0.25) is 5.91 Å². The summed E-state index contributed by atoms with van der Waals surface area (Å²) in [5.41, 5.74) is -4.00. The number of alkyl halides is 3. The molecule has 1 saturated heterocycles. The molecule has 0 aliphatic carbocycles. The molecule has 1 aliphatic rings. The fraction of sp³-hybridized carbons (Fsp3) is 0.444. The van der Waals surface area contributed by atoms with Gasteiger partial charge in [0.05, 0.1) is 17.2 Å². The fourth-order valence-corrected chi connectivity index (χ4v) is 4.30. The highest BCUT2D eigenvalue weighted by atomic mass is 19.4. The summed E-state index contributed by atoms with van der Waals surface area (Å²) in [5, 5.41) is 23.1. The maximum atomic E-state index is 13.4. The molecule has 2 N–H and O–H groups in total. The van der Waals surface area contributed by atoms with E-state index in [1.54, 1.807) is 11.0 Å². The van der Waals surface area contributed by atoms with Crippen molar-refractivity contribution in [2.45, 2.75) is 51.8 Å². The van der Waals surface area contributed by atoms with E-state index in [-0.39, 0.29) is 18.0 Å². The monoisotopic (exact) mass is 503 g/mol. The van der Waals surface area contributed by atoms with Crippen molar-refractivity contribution in [3.8, 4) is 6.07 Å². The molecule has 1 aromatic carbocycles. The lowest BCUT2D eigenvalue weighted by molar-refractivity contribution is -0.147. The average molecular weight is 504 g/mol. The molecule has 1 aliphatic heterocycles. The van der Waals surface area contributed by atoms with Crippen molar-refractivity contribution in [1.82, 2.24) is 4.90 Å². The lowest BCUT2D eigenvalue weighted by Gasteiger charge is -2.42. The third-order valence-electron chi connectivity index (χ3n) is 6.26. The summed E-state index contributed by atoms with van der Waals surface area (Å²) in [6, 6.07) is 4.33. The molecule has 0 spiro atoms. The van der Waals surface area contributed by atoms with Gasteiger partial charge in [0.1, 0.15) is 5.60 Å². The standard InChI is InChI=1S/C27H32F3N3O3/c1-6-8-18(7-2)16-26(36,20-11-13-33(14-12-20)24(35)25(3,4)5)23(34)32-21-10-9-19(17-31)22(15-21)27(28,29)30/h6-10,15,20,36H,1-2,11-14,16H2,3-5H3,(H,32,34)/b18-8+. The second kappa shape index (κ2) is 11.1. The molecular formula is C27H32F3N3O3. The highest BCUT2D eigenvalue weighted by molar-refractivity contribution is 5.98. The Bertz CT molecular complexity index is 1090. The molecule has 2 rings (SSSR count). The van der Waals surface area contributed by atoms with Crippen LogP contribution in [0.3, 0.4) is 0 Å². The van der Waals surface area contributed by atoms with Gasteiger partial charge in [-0.15, -0.1) is 0 Å². The van der Waals surface area contributed by atoms with Gasteiger partial charge in [-0.05, 0) is 36.6 Å². The molecule has 1 heterocycles. The molecule has 36 heavy (non-hydrogen) atoms. The topological polar surface area (TPSA) is 93.4 Å². The van der Waals surface area contributed by atoms with Crippen LogP contribution in [0.2, 0.25) is 0 Å². The Kier molecular flexibility index (Phi) is 8.92. The number of nitriles is 1. The number of piperidine rings is 1. The second-order valence-corrected chi connectivity index (χ2v) is 9.92. The van der Waals surface area contributed by atoms with Crippen LogP contribution < -0.4 is 5.32 Å². The number of benzene rings is 1. The zero-order chi connectivity index (χ0) is 27.3. The number of anilines is 1. The Hall–Kier alpha value is -3.38. The predicted molar refractivity (Wildman–Crippen MR) is 132 cm³/mol. The maximum Gasteiger partial charge on any atom is 0.417 e. The van der Waals surface area contributed by atoms with Crippen LogP contribution in [0.1, 0.15) is 51.2 Å². The van der Waals surface area contributed by atoms with E-state index in [1.165, 1.54) is 24.3 Å². The Morgan fingerprint density at radius 1 is 1.22 bits per heavy atom. The third kappa shape index (κ3) is 6.64. The number of nitrogens with zero attached hydrogens (tertiary/aromatic N) is 2. The lowest BCUT2D eigenvalue weighted by atomic mass is 9.75. The number of halogens is 3. The van der Waals surface area contributed by atoms with Crippen molar-refractivity contribution < 1.29 is 27.9 Å². The summed E-state index contributed by atoms with van der Waals surface area (Å²) >= 11 is 0. The molecular weight excluding hydrogens is 471 g/mol. The van der Waals surface area contributed by atoms with Gasteiger partial charge in [0.15, 0.2) is 0 Å². The molecule has 194 valence electrons. The minimum Gasteiger partial charge on any atom is -0.379 e. The van der Waals surface area contributed by atoms with Crippen LogP contribution in [0, 0.1) is 22.7 Å². The molecule has 0 aromatic heterocycles. The molecule has 1 aromatic rings. The molecule has 9 heteroatoms. The van der Waals surface area contributed by atoms with E-state index in [9.17, 15) is 27.9 Å². The van der Waals surface area contributed by atoms with Crippen LogP contribution in [-0.2, 0) is 15.8 Å². The van der Waals surface area contributed by atoms with Crippen LogP contribution in [0.4, 0.5) is 18.9 Å². The van der Waals surface area contributed by atoms with Crippen molar-refractivity contribution >= 4 is 17.5 Å². The quantitative estimate of drug-likeness (QED) is 0.499. The summed E-state index contributed by atoms with van der Waals surface area (Å²) in [6.07, 6.45) is 0.257. The van der Waals surface area contributed by atoms with Crippen LogP contribution in [-0.4, -0.2) is 40.5 Å². The number of amides is 2. The first-order chi connectivity index (χ1) is 16.7. The number of aliphatic hydroxyl groups is 1. The SMILES string of the molecule is C=C/C=C(\C=C)CC(O)(C(=O)Nc1ccc(C#N)c(C(F)(F)F)c1)C1CCN(C(=O)C(C)(C)C)CC1. The number of carbonyl (C=O) groups excluding carboxylic acids is 2. The first-order valence-electron chi connectivity index (χ1n) is 11.6. The van der Waals surface area contributed by atoms with Crippen LogP contribution in [0.25, 0.3) is 0 Å². The van der Waals surface area contributed by atoms with Crippen LogP contribution in [0.15, 0.2) is 55.2 Å². The van der Waals surface area contributed by atoms with E-state index < -0.39 is 40.1 Å². The van der Waals surface area contributed by atoms with Gasteiger partial charge in [-0.2, -0.15) is 18.4 Å². The smallest absolute Gasteiger partial charge is 0.379 e. The van der Waals surface area contributed by atoms with E-state index >= 15 is 0 Å². The highest BCUT2D eigenvalue weighted by Crippen LogP contribution is 2.37. The summed E-state index contributed by atoms with van der Waals surface area (Å²) in [5.74, 6) is -1.49. The predicted octanol–water partition coefficient (Wildman–Crippen LogP) is 5.22. The van der Waals surface area contributed by atoms with Crippen LogP contribution >= 0.6 is 0 Å². The Labute approximate surface area is 209 Å². The highest BCUT2D eigenvalue weighted by Gasteiger charge is 2.46. The lowest BCUT2D eigenvalue weighted by Crippen LogP contribution is -2.54. The number of carbonyl (C=O) groups is 2. The van der Waals surface area contributed by atoms with Crippen molar-refractivity contribution in [2.75, 3.05) is 18.4 Å². The number of nitrogens with one attached hydrogen (secondary N) is 1. The number of hydrogen-bond acceptors (Lipinski definition) is 4. The van der Waals surface area contributed by atoms with Crippen molar-refractivity contribution in [3.05, 3.63) is 66.3 Å². The van der Waals surface area contributed by atoms with Crippen molar-refractivity contribution in [2.24, 2.45) is 11.3 Å². The van der Waals surface area contributed by atoms with Crippen molar-refractivity contribution in [3.63, 3.8) is 0 Å². The molecule has 0 saturated carbocycles. The number of allylic oxidation sites excluding steroid dienone is 3. The first kappa shape index (κ1) is 28.9. The minimum absolute atomic E-state index is 0.0375. The number of hydrogen-bond donors (Lipinski definition) is 2. The minimum atomic E-state index is -4.79. The second-order valence-electron chi connectivity index (χ2n) is 9.92.